The summed E-state index contributed by atoms with van der Waals surface area (Å²) in [6, 6.07) is 11.3. The minimum atomic E-state index is -0.688. The molecule has 1 atom stereocenters. The van der Waals surface area contributed by atoms with Crippen molar-refractivity contribution in [3.05, 3.63) is 49.1 Å². The molecule has 0 saturated heterocycles. The first-order chi connectivity index (χ1) is 14.9. The predicted molar refractivity (Wildman–Crippen MR) is 133 cm³/mol. The molecule has 0 saturated carbocycles. The Morgan fingerprint density at radius 2 is 2.06 bits per heavy atom. The lowest BCUT2D eigenvalue weighted by Gasteiger charge is -2.33. The molecule has 0 N–H and O–H groups in total. The minimum absolute atomic E-state index is 0.165. The van der Waals surface area contributed by atoms with Gasteiger partial charge in [-0.25, -0.2) is 9.88 Å². The number of benzene rings is 2. The molecule has 2 heterocycles. The summed E-state index contributed by atoms with van der Waals surface area (Å²) in [5.74, 6) is 0.833. The number of rotatable bonds is 4. The zero-order valence-electron chi connectivity index (χ0n) is 16.9. The van der Waals surface area contributed by atoms with Gasteiger partial charge < -0.3 is 9.84 Å². The maximum atomic E-state index is 13.1. The fourth-order valence-electron chi connectivity index (χ4n) is 3.73. The number of carbonyl (C=O) groups excluding carboxylic acids is 1. The van der Waals surface area contributed by atoms with Gasteiger partial charge in [0, 0.05) is 15.6 Å². The molecule has 1 aliphatic rings. The molecule has 0 aliphatic carbocycles. The fourth-order valence-corrected chi connectivity index (χ4v) is 6.39. The first kappa shape index (κ1) is 22.5. The van der Waals surface area contributed by atoms with Crippen LogP contribution in [0.2, 0.25) is 0 Å². The molecule has 31 heavy (non-hydrogen) atoms. The number of methoxy groups -OCH3 is 1. The number of hydrogen-bond donors (Lipinski definition) is 0. The number of carbonyl (C=O) groups is 1. The van der Waals surface area contributed by atoms with E-state index in [4.69, 9.17) is 9.84 Å². The van der Waals surface area contributed by atoms with Gasteiger partial charge >= 0.3 is 0 Å². The van der Waals surface area contributed by atoms with E-state index in [1.54, 1.807) is 16.7 Å². The zero-order valence-corrected chi connectivity index (χ0v) is 22.1. The van der Waals surface area contributed by atoms with Crippen molar-refractivity contribution >= 4 is 68.5 Å². The zero-order chi connectivity index (χ0) is 22.3. The Kier molecular flexibility index (Phi) is 6.58. The van der Waals surface area contributed by atoms with Crippen LogP contribution in [-0.2, 0) is 4.79 Å². The summed E-state index contributed by atoms with van der Waals surface area (Å²) in [5.41, 5.74) is 2.38. The van der Waals surface area contributed by atoms with E-state index in [1.807, 2.05) is 43.3 Å². The summed E-state index contributed by atoms with van der Waals surface area (Å²) in [4.78, 5) is 18.8. The molecule has 10 heteroatoms. The third-order valence-electron chi connectivity index (χ3n) is 4.85. The van der Waals surface area contributed by atoms with E-state index in [1.165, 1.54) is 18.7 Å². The standard InChI is InChI=1S/C21H18I2N4O3S/c1-4-31-21-24-19(29)17-13-7-5-6-8-16(13)26(11(2)28)20(27(17)25-21)14-9-12(22)10-15(23)18(14)30-3/h5-10,20H,4H2,1-3H3. The number of ether oxygens (including phenoxy) is 1. The molecular formula is C21H18I2N4O3S. The van der Waals surface area contributed by atoms with Gasteiger partial charge in [0.1, 0.15) is 5.75 Å². The van der Waals surface area contributed by atoms with E-state index in [0.717, 1.165) is 18.5 Å². The summed E-state index contributed by atoms with van der Waals surface area (Å²) in [5, 5.41) is 18.2. The fraction of sp³-hybridized carbons (Fsp3) is 0.238. The average Bonchev–Trinajstić information content (AvgIpc) is 2.72. The van der Waals surface area contributed by atoms with Gasteiger partial charge in [0.15, 0.2) is 0 Å². The molecule has 0 fully saturated rings. The summed E-state index contributed by atoms with van der Waals surface area (Å²) in [7, 11) is 1.60. The smallest absolute Gasteiger partial charge is 0.296 e. The number of nitrogens with zero attached hydrogens (tertiary/aromatic N) is 4. The van der Waals surface area contributed by atoms with Crippen molar-refractivity contribution in [1.29, 1.82) is 0 Å². The number of fused-ring (bicyclic) bond motifs is 3. The molecule has 1 amide bonds. The second-order valence-electron chi connectivity index (χ2n) is 6.72. The molecular weight excluding hydrogens is 642 g/mol. The average molecular weight is 660 g/mol. The number of thioether (sulfide) groups is 1. The van der Waals surface area contributed by atoms with E-state index in [0.29, 0.717) is 27.9 Å². The SMILES string of the molecule is CCSc1nc([O-])c2[n+](n1)C(c1cc(I)cc(I)c1OC)N(C(C)=O)c1ccccc1-2. The normalized spacial score (nSPS) is 14.7. The van der Waals surface area contributed by atoms with Crippen LogP contribution in [0, 0.1) is 7.14 Å². The van der Waals surface area contributed by atoms with E-state index >= 15 is 0 Å². The minimum Gasteiger partial charge on any atom is -0.854 e. The van der Waals surface area contributed by atoms with Crippen LogP contribution in [0.25, 0.3) is 11.3 Å². The van der Waals surface area contributed by atoms with Crippen molar-refractivity contribution in [3.63, 3.8) is 0 Å². The maximum Gasteiger partial charge on any atom is 0.296 e. The molecule has 160 valence electrons. The van der Waals surface area contributed by atoms with Gasteiger partial charge in [-0.15, -0.1) is 0 Å². The largest absolute Gasteiger partial charge is 0.854 e. The van der Waals surface area contributed by atoms with Crippen LogP contribution in [0.4, 0.5) is 5.69 Å². The van der Waals surface area contributed by atoms with Crippen molar-refractivity contribution in [3.8, 4) is 22.9 Å². The van der Waals surface area contributed by atoms with Crippen molar-refractivity contribution in [1.82, 2.24) is 10.1 Å². The van der Waals surface area contributed by atoms with Crippen LogP contribution in [0.3, 0.4) is 0 Å². The van der Waals surface area contributed by atoms with Gasteiger partial charge in [-0.1, -0.05) is 35.5 Å². The Morgan fingerprint density at radius 3 is 2.74 bits per heavy atom. The first-order valence-electron chi connectivity index (χ1n) is 9.43. The summed E-state index contributed by atoms with van der Waals surface area (Å²) >= 11 is 5.84. The number of anilines is 1. The van der Waals surface area contributed by atoms with Gasteiger partial charge in [-0.2, -0.15) is 0 Å². The number of aromatic nitrogens is 3. The monoisotopic (exact) mass is 660 g/mol. The molecule has 0 radical (unpaired) electrons. The van der Waals surface area contributed by atoms with Gasteiger partial charge in [0.05, 0.1) is 33.4 Å². The number of halogens is 2. The van der Waals surface area contributed by atoms with Crippen molar-refractivity contribution in [2.75, 3.05) is 17.8 Å². The van der Waals surface area contributed by atoms with Crippen molar-refractivity contribution in [2.24, 2.45) is 0 Å². The van der Waals surface area contributed by atoms with Crippen molar-refractivity contribution in [2.45, 2.75) is 25.2 Å². The molecule has 2 aromatic carbocycles. The second-order valence-corrected chi connectivity index (χ2v) is 10.4. The quantitative estimate of drug-likeness (QED) is 0.241. The highest BCUT2D eigenvalue weighted by Gasteiger charge is 2.45. The topological polar surface area (TPSA) is 82.3 Å². The lowest BCUT2D eigenvalue weighted by molar-refractivity contribution is -0.764. The number of hydrogen-bond acceptors (Lipinski definition) is 6. The van der Waals surface area contributed by atoms with Crippen LogP contribution < -0.4 is 19.4 Å². The highest BCUT2D eigenvalue weighted by Crippen LogP contribution is 2.43. The third kappa shape index (κ3) is 3.97. The predicted octanol–water partition coefficient (Wildman–Crippen LogP) is 3.75. The van der Waals surface area contributed by atoms with Crippen LogP contribution in [0.1, 0.15) is 25.6 Å². The molecule has 1 unspecified atom stereocenters. The highest BCUT2D eigenvalue weighted by atomic mass is 127. The van der Waals surface area contributed by atoms with Gasteiger partial charge in [-0.3, -0.25) is 4.79 Å². The van der Waals surface area contributed by atoms with Gasteiger partial charge in [0.25, 0.3) is 17.0 Å². The van der Waals surface area contributed by atoms with Crippen molar-refractivity contribution < 1.29 is 19.3 Å². The Labute approximate surface area is 211 Å². The molecule has 4 rings (SSSR count). The van der Waals surface area contributed by atoms with E-state index < -0.39 is 6.17 Å². The van der Waals surface area contributed by atoms with Gasteiger partial charge in [-0.05, 0) is 75.2 Å². The van der Waals surface area contributed by atoms with E-state index in [9.17, 15) is 9.90 Å². The van der Waals surface area contributed by atoms with Crippen LogP contribution in [0.15, 0.2) is 41.6 Å². The molecule has 1 aromatic heterocycles. The Bertz CT molecular complexity index is 1190. The number of para-hydroxylation sites is 1. The molecule has 3 aromatic rings. The van der Waals surface area contributed by atoms with Crippen LogP contribution in [0.5, 0.6) is 11.6 Å². The Hall–Kier alpha value is -1.67. The van der Waals surface area contributed by atoms with Crippen LogP contribution in [-0.4, -0.2) is 28.9 Å². The second kappa shape index (κ2) is 9.06. The third-order valence-corrected chi connectivity index (χ3v) is 6.99. The Morgan fingerprint density at radius 1 is 1.32 bits per heavy atom. The Balaban J connectivity index is 2.12. The molecule has 0 spiro atoms. The van der Waals surface area contributed by atoms with Crippen LogP contribution >= 0.6 is 56.9 Å². The molecule has 7 nitrogen and oxygen atoms in total. The first-order valence-corrected chi connectivity index (χ1v) is 12.6. The van der Waals surface area contributed by atoms with Gasteiger partial charge in [0.2, 0.25) is 5.91 Å². The van der Waals surface area contributed by atoms with E-state index in [-0.39, 0.29) is 11.8 Å². The summed E-state index contributed by atoms with van der Waals surface area (Å²) < 4.78 is 9.26. The lowest BCUT2D eigenvalue weighted by atomic mass is 10.0. The highest BCUT2D eigenvalue weighted by molar-refractivity contribution is 14.1. The number of amides is 1. The summed E-state index contributed by atoms with van der Waals surface area (Å²) in [6.45, 7) is 3.49. The molecule has 0 bridgehead atoms. The summed E-state index contributed by atoms with van der Waals surface area (Å²) in [6.07, 6.45) is -0.688. The lowest BCUT2D eigenvalue weighted by Crippen LogP contribution is -2.59. The van der Waals surface area contributed by atoms with E-state index in [2.05, 4.69) is 50.2 Å². The molecule has 1 aliphatic heterocycles. The maximum absolute atomic E-state index is 13.1.